The van der Waals surface area contributed by atoms with Crippen molar-refractivity contribution in [2.75, 3.05) is 37.7 Å². The molecule has 2 aromatic carbocycles. The number of anilines is 1. The van der Waals surface area contributed by atoms with Gasteiger partial charge in [-0.15, -0.1) is 12.4 Å². The van der Waals surface area contributed by atoms with Crippen molar-refractivity contribution in [3.63, 3.8) is 0 Å². The van der Waals surface area contributed by atoms with E-state index in [0.29, 0.717) is 48.6 Å². The summed E-state index contributed by atoms with van der Waals surface area (Å²) in [5.41, 5.74) is 4.43. The molecule has 1 aromatic heterocycles. The summed E-state index contributed by atoms with van der Waals surface area (Å²) in [5, 5.41) is 3.28. The Bertz CT molecular complexity index is 1610. The van der Waals surface area contributed by atoms with E-state index < -0.39 is 11.8 Å². The number of morpholine rings is 1. The standard InChI is InChI=1S/C29H24N4O5.ClH/c34-22(16-32-10-13-37-14-11-32)21-15-18-4-2-6-20-25(30-8-9-33(21)26(18)20)24-23(28(35)31-29(24)36)19-5-1-3-17-7-12-38-27(17)19;/h1-9,12,21H,10-11,13-16H2,(H,31,35,36);1H. The molecule has 0 radical (unpaired) electrons. The molecule has 4 aliphatic heterocycles. The van der Waals surface area contributed by atoms with E-state index in [-0.39, 0.29) is 35.4 Å². The van der Waals surface area contributed by atoms with Crippen molar-refractivity contribution in [3.05, 3.63) is 83.4 Å². The predicted octanol–water partition coefficient (Wildman–Crippen LogP) is 2.87. The lowest BCUT2D eigenvalue weighted by molar-refractivity contribution is -0.124. The molecule has 0 aliphatic carbocycles. The lowest BCUT2D eigenvalue weighted by atomic mass is 9.92. The van der Waals surface area contributed by atoms with Crippen molar-refractivity contribution in [3.8, 4) is 0 Å². The molecule has 5 heterocycles. The highest BCUT2D eigenvalue weighted by Crippen LogP contribution is 2.41. The van der Waals surface area contributed by atoms with E-state index in [1.807, 2.05) is 41.3 Å². The molecular weight excluding hydrogens is 520 g/mol. The highest BCUT2D eigenvalue weighted by atomic mass is 35.5. The minimum absolute atomic E-state index is 0. The molecule has 2 amide bonds. The SMILES string of the molecule is Cl.O=C1NC(=O)C(c2cccc3ccoc23)=C1C1=NC=CN2c3c(cccc31)CC2C(=O)CN1CCOCC1. The smallest absolute Gasteiger partial charge is 0.261 e. The molecule has 1 fully saturated rings. The van der Waals surface area contributed by atoms with Gasteiger partial charge in [-0.25, -0.2) is 0 Å². The first kappa shape index (κ1) is 25.2. The van der Waals surface area contributed by atoms with Gasteiger partial charge in [-0.3, -0.25) is 29.6 Å². The van der Waals surface area contributed by atoms with Crippen LogP contribution in [0.15, 0.2) is 76.1 Å². The van der Waals surface area contributed by atoms with E-state index in [1.54, 1.807) is 24.7 Å². The van der Waals surface area contributed by atoms with Gasteiger partial charge in [0.05, 0.1) is 54.6 Å². The number of Topliss-reactive ketones (excluding diaryl/α,β-unsaturated/α-hetero) is 1. The zero-order valence-corrected chi connectivity index (χ0v) is 21.7. The average molecular weight is 545 g/mol. The molecule has 1 atom stereocenters. The lowest BCUT2D eigenvalue weighted by Gasteiger charge is -2.29. The molecular formula is C29H25ClN4O5. The molecule has 1 unspecified atom stereocenters. The van der Waals surface area contributed by atoms with Gasteiger partial charge < -0.3 is 14.1 Å². The maximum absolute atomic E-state index is 13.4. The second-order valence-electron chi connectivity index (χ2n) is 9.75. The Labute approximate surface area is 230 Å². The summed E-state index contributed by atoms with van der Waals surface area (Å²) in [4.78, 5) is 48.5. The summed E-state index contributed by atoms with van der Waals surface area (Å²) in [7, 11) is 0. The Morgan fingerprint density at radius 3 is 2.62 bits per heavy atom. The third kappa shape index (κ3) is 4.10. The van der Waals surface area contributed by atoms with Crippen LogP contribution in [0, 0.1) is 0 Å². The van der Waals surface area contributed by atoms with Crippen molar-refractivity contribution in [2.45, 2.75) is 12.5 Å². The van der Waals surface area contributed by atoms with Crippen LogP contribution in [-0.2, 0) is 25.5 Å². The summed E-state index contributed by atoms with van der Waals surface area (Å²) < 4.78 is 11.1. The second-order valence-corrected chi connectivity index (χ2v) is 9.75. The van der Waals surface area contributed by atoms with Crippen molar-refractivity contribution in [1.82, 2.24) is 10.2 Å². The van der Waals surface area contributed by atoms with E-state index in [1.165, 1.54) is 0 Å². The third-order valence-corrected chi connectivity index (χ3v) is 7.58. The van der Waals surface area contributed by atoms with Gasteiger partial charge in [-0.1, -0.05) is 36.4 Å². The maximum atomic E-state index is 13.4. The van der Waals surface area contributed by atoms with Crippen LogP contribution in [0.2, 0.25) is 0 Å². The number of nitrogens with zero attached hydrogens (tertiary/aromatic N) is 3. The zero-order valence-electron chi connectivity index (χ0n) is 20.9. The Kier molecular flexibility index (Phi) is 6.42. The molecule has 4 aliphatic rings. The van der Waals surface area contributed by atoms with Crippen molar-refractivity contribution >= 4 is 57.9 Å². The van der Waals surface area contributed by atoms with E-state index >= 15 is 0 Å². The van der Waals surface area contributed by atoms with Crippen LogP contribution >= 0.6 is 12.4 Å². The number of nitrogens with one attached hydrogen (secondary N) is 1. The number of ketones is 1. The van der Waals surface area contributed by atoms with E-state index in [9.17, 15) is 14.4 Å². The molecule has 9 nitrogen and oxygen atoms in total. The topological polar surface area (TPSA) is 104 Å². The number of imide groups is 1. The van der Waals surface area contributed by atoms with E-state index in [0.717, 1.165) is 29.7 Å². The number of rotatable bonds is 5. The molecule has 39 heavy (non-hydrogen) atoms. The number of para-hydroxylation sites is 2. The first-order valence-corrected chi connectivity index (χ1v) is 12.6. The third-order valence-electron chi connectivity index (χ3n) is 7.58. The number of furan rings is 1. The summed E-state index contributed by atoms with van der Waals surface area (Å²) in [6.07, 6.45) is 5.53. The molecule has 1 saturated heterocycles. The Morgan fingerprint density at radius 2 is 1.77 bits per heavy atom. The van der Waals surface area contributed by atoms with Crippen LogP contribution in [0.4, 0.5) is 5.69 Å². The number of fused-ring (bicyclic) bond motifs is 1. The quantitative estimate of drug-likeness (QED) is 0.492. The van der Waals surface area contributed by atoms with E-state index in [2.05, 4.69) is 15.2 Å². The van der Waals surface area contributed by atoms with Crippen molar-refractivity contribution in [2.24, 2.45) is 4.99 Å². The van der Waals surface area contributed by atoms with Gasteiger partial charge in [-0.2, -0.15) is 0 Å². The van der Waals surface area contributed by atoms with Crippen molar-refractivity contribution < 1.29 is 23.5 Å². The Morgan fingerprint density at radius 1 is 1.00 bits per heavy atom. The number of amides is 2. The van der Waals surface area contributed by atoms with Gasteiger partial charge in [0.25, 0.3) is 11.8 Å². The van der Waals surface area contributed by atoms with Gasteiger partial charge in [-0.05, 0) is 11.6 Å². The van der Waals surface area contributed by atoms with Crippen LogP contribution in [0.5, 0.6) is 0 Å². The van der Waals surface area contributed by atoms with Crippen LogP contribution in [0.3, 0.4) is 0 Å². The summed E-state index contributed by atoms with van der Waals surface area (Å²) in [6, 6.07) is 12.7. The number of carbonyl (C=O) groups excluding carboxylic acids is 3. The highest BCUT2D eigenvalue weighted by molar-refractivity contribution is 6.48. The number of carbonyl (C=O) groups is 3. The zero-order chi connectivity index (χ0) is 25.8. The highest BCUT2D eigenvalue weighted by Gasteiger charge is 2.41. The fraction of sp³-hybridized carbons (Fsp3) is 0.241. The van der Waals surface area contributed by atoms with Gasteiger partial charge in [0.1, 0.15) is 5.58 Å². The molecule has 1 N–H and O–H groups in total. The number of benzene rings is 2. The van der Waals surface area contributed by atoms with Crippen LogP contribution in [0.25, 0.3) is 16.5 Å². The molecule has 0 saturated carbocycles. The molecule has 7 rings (SSSR count). The molecule has 0 spiro atoms. The minimum Gasteiger partial charge on any atom is -0.464 e. The largest absolute Gasteiger partial charge is 0.464 e. The van der Waals surface area contributed by atoms with Gasteiger partial charge in [0.15, 0.2) is 5.78 Å². The molecule has 10 heteroatoms. The summed E-state index contributed by atoms with van der Waals surface area (Å²) in [5.74, 6) is -0.877. The molecule has 0 bridgehead atoms. The van der Waals surface area contributed by atoms with Gasteiger partial charge in [0.2, 0.25) is 0 Å². The van der Waals surface area contributed by atoms with Crippen LogP contribution in [-0.4, -0.2) is 67.1 Å². The maximum Gasteiger partial charge on any atom is 0.261 e. The Hall–Kier alpha value is -4.05. The first-order valence-electron chi connectivity index (χ1n) is 12.6. The fourth-order valence-electron chi connectivity index (χ4n) is 5.82. The summed E-state index contributed by atoms with van der Waals surface area (Å²) in [6.45, 7) is 3.10. The van der Waals surface area contributed by atoms with Crippen LogP contribution in [0.1, 0.15) is 16.7 Å². The number of halogens is 1. The number of aliphatic imine (C=N–C) groups is 1. The fourth-order valence-corrected chi connectivity index (χ4v) is 5.82. The Balaban J connectivity index is 0.00000277. The number of hydrogen-bond acceptors (Lipinski definition) is 8. The minimum atomic E-state index is -0.510. The number of ether oxygens (including phenoxy) is 1. The number of hydrogen-bond donors (Lipinski definition) is 1. The van der Waals surface area contributed by atoms with E-state index in [4.69, 9.17) is 9.15 Å². The summed E-state index contributed by atoms with van der Waals surface area (Å²) >= 11 is 0. The monoisotopic (exact) mass is 544 g/mol. The first-order chi connectivity index (χ1) is 18.6. The average Bonchev–Trinajstić information content (AvgIpc) is 3.59. The van der Waals surface area contributed by atoms with Crippen LogP contribution < -0.4 is 10.2 Å². The molecule has 3 aromatic rings. The van der Waals surface area contributed by atoms with Crippen molar-refractivity contribution in [1.29, 1.82) is 0 Å². The lowest BCUT2D eigenvalue weighted by Crippen LogP contribution is -2.45. The van der Waals surface area contributed by atoms with Gasteiger partial charge >= 0.3 is 0 Å². The second kappa shape index (κ2) is 9.92. The molecule has 198 valence electrons. The normalized spacial score (nSPS) is 20.6. The van der Waals surface area contributed by atoms with Gasteiger partial charge in [0, 0.05) is 48.4 Å². The predicted molar refractivity (Wildman–Crippen MR) is 148 cm³/mol.